The highest BCUT2D eigenvalue weighted by Gasteiger charge is 2.41. The summed E-state index contributed by atoms with van der Waals surface area (Å²) in [5.41, 5.74) is 1.76. The molecule has 0 bridgehead atoms. The first-order valence-corrected chi connectivity index (χ1v) is 10.2. The van der Waals surface area contributed by atoms with Gasteiger partial charge in [0.05, 0.1) is 63.7 Å². The van der Waals surface area contributed by atoms with Crippen LogP contribution in [0.5, 0.6) is 5.75 Å². The summed E-state index contributed by atoms with van der Waals surface area (Å²) in [6.07, 6.45) is 1.58. The van der Waals surface area contributed by atoms with E-state index in [0.717, 1.165) is 3.93 Å². The van der Waals surface area contributed by atoms with Crippen LogP contribution in [-0.4, -0.2) is 38.7 Å². The van der Waals surface area contributed by atoms with Crippen molar-refractivity contribution in [3.8, 4) is 11.8 Å². The van der Waals surface area contributed by atoms with Gasteiger partial charge in [0.2, 0.25) is 0 Å². The minimum atomic E-state index is -3.56. The van der Waals surface area contributed by atoms with E-state index >= 15 is 0 Å². The third-order valence-corrected chi connectivity index (χ3v) is 6.15. The second-order valence-corrected chi connectivity index (χ2v) is 8.23. The van der Waals surface area contributed by atoms with Gasteiger partial charge < -0.3 is 4.74 Å². The lowest BCUT2D eigenvalue weighted by Crippen LogP contribution is -2.44. The number of benzene rings is 2. The van der Waals surface area contributed by atoms with Crippen LogP contribution in [0.3, 0.4) is 0 Å². The molecule has 1 aromatic heterocycles. The van der Waals surface area contributed by atoms with E-state index in [-0.39, 0.29) is 0 Å². The van der Waals surface area contributed by atoms with Crippen molar-refractivity contribution in [3.05, 3.63) is 58.7 Å². The molecule has 0 unspecified atom stereocenters. The number of fused-ring (bicyclic) bond motifs is 1. The van der Waals surface area contributed by atoms with Crippen molar-refractivity contribution in [3.63, 3.8) is 0 Å². The fraction of sp³-hybridized carbons (Fsp3) is 0.286. The third-order valence-electron chi connectivity index (χ3n) is 4.89. The van der Waals surface area contributed by atoms with Crippen LogP contribution < -0.4 is 4.74 Å². The lowest BCUT2D eigenvalue weighted by atomic mass is 9.99. The molecule has 0 aliphatic rings. The molecular formula is C21H18BrClF2N4O2. The summed E-state index contributed by atoms with van der Waals surface area (Å²) in [5.74, 6) is -4.49. The van der Waals surface area contributed by atoms with E-state index in [1.807, 2.05) is 0 Å². The first-order chi connectivity index (χ1) is 14.6. The number of rotatable bonds is 6. The predicted octanol–water partition coefficient (Wildman–Crippen LogP) is 5.34. The highest BCUT2D eigenvalue weighted by atomic mass is 79.9. The van der Waals surface area contributed by atoms with Crippen molar-refractivity contribution in [2.24, 2.45) is 0 Å². The number of amides is 1. The van der Waals surface area contributed by atoms with Gasteiger partial charge in [0.15, 0.2) is 0 Å². The van der Waals surface area contributed by atoms with Gasteiger partial charge >= 0.3 is 11.8 Å². The lowest BCUT2D eigenvalue weighted by molar-refractivity contribution is -0.150. The van der Waals surface area contributed by atoms with Gasteiger partial charge in [0.1, 0.15) is 5.75 Å². The number of nitriles is 1. The van der Waals surface area contributed by atoms with E-state index in [4.69, 9.17) is 21.6 Å². The third kappa shape index (κ3) is 4.50. The number of halogens is 4. The molecule has 2 aromatic carbocycles. The Morgan fingerprint density at radius 1 is 1.35 bits per heavy atom. The number of aromatic nitrogens is 2. The summed E-state index contributed by atoms with van der Waals surface area (Å²) in [4.78, 5) is 12.2. The normalized spacial score (nSPS) is 13.5. The summed E-state index contributed by atoms with van der Waals surface area (Å²) in [7, 11) is 1.48. The van der Waals surface area contributed by atoms with Crippen LogP contribution in [0.25, 0.3) is 10.9 Å². The number of hydrogen-bond acceptors (Lipinski definition) is 4. The monoisotopic (exact) mass is 510 g/mol. The highest BCUT2D eigenvalue weighted by molar-refractivity contribution is 9.07. The van der Waals surface area contributed by atoms with Gasteiger partial charge in [-0.05, 0) is 42.8 Å². The first kappa shape index (κ1) is 23.0. The number of carbonyl (C=O) groups excluding carboxylic acids is 1. The molecule has 0 aliphatic carbocycles. The second-order valence-electron chi connectivity index (χ2n) is 7.06. The van der Waals surface area contributed by atoms with Crippen LogP contribution in [-0.2, 0) is 4.79 Å². The average molecular weight is 512 g/mol. The van der Waals surface area contributed by atoms with E-state index in [0.29, 0.717) is 39.7 Å². The summed E-state index contributed by atoms with van der Waals surface area (Å²) in [6, 6.07) is 10.7. The van der Waals surface area contributed by atoms with Crippen LogP contribution in [0, 0.1) is 11.3 Å². The molecule has 162 valence electrons. The van der Waals surface area contributed by atoms with E-state index < -0.39 is 23.9 Å². The Labute approximate surface area is 191 Å². The largest absolute Gasteiger partial charge is 0.495 e. The minimum Gasteiger partial charge on any atom is -0.495 e. The maximum absolute atomic E-state index is 13.7. The fourth-order valence-corrected chi connectivity index (χ4v) is 4.13. The Morgan fingerprint density at radius 2 is 2.06 bits per heavy atom. The molecule has 0 N–H and O–H groups in total. The van der Waals surface area contributed by atoms with Crippen molar-refractivity contribution >= 4 is 44.6 Å². The molecule has 3 aromatic rings. The number of methoxy groups -OCH3 is 1. The molecule has 2 atom stereocenters. The maximum Gasteiger partial charge on any atom is 0.322 e. The van der Waals surface area contributed by atoms with E-state index in [9.17, 15) is 13.6 Å². The van der Waals surface area contributed by atoms with Gasteiger partial charge in [-0.1, -0.05) is 17.7 Å². The summed E-state index contributed by atoms with van der Waals surface area (Å²) in [6.45, 7) is 2.17. The SMILES string of the molecule is COc1ccc([C@H]([C@H](C)N(Br)C(=O)C(C)(F)F)n2ncc3cc(C#N)ccc32)cc1Cl. The number of hydrogen-bond donors (Lipinski definition) is 0. The molecule has 0 fully saturated rings. The van der Waals surface area contributed by atoms with Gasteiger partial charge in [-0.3, -0.25) is 13.4 Å². The van der Waals surface area contributed by atoms with Crippen LogP contribution in [0.4, 0.5) is 8.78 Å². The average Bonchev–Trinajstić information content (AvgIpc) is 3.15. The summed E-state index contributed by atoms with van der Waals surface area (Å²) < 4.78 is 35.1. The number of carbonyl (C=O) groups is 1. The van der Waals surface area contributed by atoms with Crippen LogP contribution in [0.2, 0.25) is 5.02 Å². The first-order valence-electron chi connectivity index (χ1n) is 9.16. The number of nitrogens with zero attached hydrogens (tertiary/aromatic N) is 4. The Balaban J connectivity index is 2.17. The molecule has 0 spiro atoms. The molecule has 6 nitrogen and oxygen atoms in total. The summed E-state index contributed by atoms with van der Waals surface area (Å²) in [5, 5.41) is 14.6. The van der Waals surface area contributed by atoms with E-state index in [1.165, 1.54) is 7.11 Å². The minimum absolute atomic E-state index is 0.327. The fourth-order valence-electron chi connectivity index (χ4n) is 3.33. The Kier molecular flexibility index (Phi) is 6.53. The van der Waals surface area contributed by atoms with Gasteiger partial charge in [0, 0.05) is 12.3 Å². The zero-order valence-electron chi connectivity index (χ0n) is 16.8. The molecule has 0 saturated carbocycles. The van der Waals surface area contributed by atoms with Gasteiger partial charge in [-0.15, -0.1) is 0 Å². The molecule has 0 aliphatic heterocycles. The van der Waals surface area contributed by atoms with Gasteiger partial charge in [0.25, 0.3) is 0 Å². The van der Waals surface area contributed by atoms with E-state index in [2.05, 4.69) is 27.3 Å². The van der Waals surface area contributed by atoms with Crippen molar-refractivity contribution in [1.82, 2.24) is 13.7 Å². The quantitative estimate of drug-likeness (QED) is 0.419. The van der Waals surface area contributed by atoms with E-state index in [1.54, 1.807) is 54.2 Å². The molecular weight excluding hydrogens is 494 g/mol. The van der Waals surface area contributed by atoms with Crippen molar-refractivity contribution in [1.29, 1.82) is 5.26 Å². The van der Waals surface area contributed by atoms with Crippen molar-refractivity contribution in [2.75, 3.05) is 7.11 Å². The van der Waals surface area contributed by atoms with Gasteiger partial charge in [-0.25, -0.2) is 0 Å². The van der Waals surface area contributed by atoms with Crippen molar-refractivity contribution in [2.45, 2.75) is 31.9 Å². The molecule has 1 heterocycles. The van der Waals surface area contributed by atoms with Crippen LogP contribution in [0.15, 0.2) is 42.6 Å². The lowest BCUT2D eigenvalue weighted by Gasteiger charge is -2.32. The van der Waals surface area contributed by atoms with Crippen LogP contribution >= 0.6 is 27.7 Å². The molecule has 31 heavy (non-hydrogen) atoms. The molecule has 0 saturated heterocycles. The Morgan fingerprint density at radius 3 is 2.65 bits per heavy atom. The highest BCUT2D eigenvalue weighted by Crippen LogP contribution is 2.35. The second kappa shape index (κ2) is 8.81. The van der Waals surface area contributed by atoms with Crippen molar-refractivity contribution < 1.29 is 18.3 Å². The smallest absolute Gasteiger partial charge is 0.322 e. The molecule has 0 radical (unpaired) electrons. The molecule has 1 amide bonds. The summed E-state index contributed by atoms with van der Waals surface area (Å²) >= 11 is 9.33. The Bertz CT molecular complexity index is 1170. The number of alkyl halides is 2. The predicted molar refractivity (Wildman–Crippen MR) is 116 cm³/mol. The van der Waals surface area contributed by atoms with Crippen LogP contribution in [0.1, 0.15) is 31.0 Å². The molecule has 10 heteroatoms. The number of ether oxygens (including phenoxy) is 1. The topological polar surface area (TPSA) is 71.2 Å². The maximum atomic E-state index is 13.7. The zero-order valence-corrected chi connectivity index (χ0v) is 19.2. The zero-order chi connectivity index (χ0) is 22.9. The van der Waals surface area contributed by atoms with Gasteiger partial charge in [-0.2, -0.15) is 19.1 Å². The standard InChI is InChI=1S/C21H18BrClF2N4O2/c1-12(28(22)20(30)21(2,24)25)19(14-5-7-18(31-3)16(23)9-14)29-17-6-4-13(10-26)8-15(17)11-27-29/h4-9,11-12,19H,1-3H3/t12-,19-/m0/s1. The molecule has 3 rings (SSSR count). The Hall–Kier alpha value is -2.70.